The third-order valence-corrected chi connectivity index (χ3v) is 2.28. The molecule has 0 aliphatic rings. The smallest absolute Gasteiger partial charge is 0.341 e. The summed E-state index contributed by atoms with van der Waals surface area (Å²) in [6.45, 7) is 0. The summed E-state index contributed by atoms with van der Waals surface area (Å²) in [5.74, 6) is -0.956. The summed E-state index contributed by atoms with van der Waals surface area (Å²) in [4.78, 5) is 9.13. The highest BCUT2D eigenvalue weighted by atomic mass is 19.4. The molecule has 0 unspecified atom stereocenters. The minimum absolute atomic E-state index is 0.956. The van der Waals surface area contributed by atoms with E-state index >= 15 is 0 Å². The van der Waals surface area contributed by atoms with E-state index in [1.54, 1.807) is 0 Å². The van der Waals surface area contributed by atoms with E-state index in [1.807, 2.05) is 35.4 Å². The van der Waals surface area contributed by atoms with Crippen LogP contribution in [0.1, 0.15) is 5.82 Å². The quantitative estimate of drug-likeness (QED) is 0.674. The molecule has 0 aliphatic carbocycles. The Morgan fingerprint density at radius 2 is 1.63 bits per heavy atom. The van der Waals surface area contributed by atoms with Crippen LogP contribution in [-0.2, 0) is 6.18 Å². The number of fused-ring (bicyclic) bond motifs is 1. The van der Waals surface area contributed by atoms with Crippen LogP contribution in [0.5, 0.6) is 0 Å². The molecule has 19 heavy (non-hydrogen) atoms. The number of H-pyrrole nitrogens is 1. The second-order valence-electron chi connectivity index (χ2n) is 3.63. The molecular formula is C13H10F3N3. The summed E-state index contributed by atoms with van der Waals surface area (Å²) in [7, 11) is 0. The molecule has 0 fully saturated rings. The first-order valence-electron chi connectivity index (χ1n) is 5.44. The monoisotopic (exact) mass is 265 g/mol. The normalized spacial score (nSPS) is 10.9. The average Bonchev–Trinajstić information content (AvgIpc) is 2.93. The maximum absolute atomic E-state index is 11.5. The maximum atomic E-state index is 11.5. The van der Waals surface area contributed by atoms with E-state index in [2.05, 4.69) is 22.1 Å². The van der Waals surface area contributed by atoms with Gasteiger partial charge in [0.1, 0.15) is 0 Å². The first kappa shape index (κ1) is 13.1. The first-order valence-corrected chi connectivity index (χ1v) is 5.44. The van der Waals surface area contributed by atoms with Gasteiger partial charge in [0.2, 0.25) is 5.82 Å². The lowest BCUT2D eigenvalue weighted by Crippen LogP contribution is -2.06. The predicted octanol–water partition coefficient (Wildman–Crippen LogP) is 3.66. The highest BCUT2D eigenvalue weighted by molar-refractivity contribution is 5.77. The molecule has 3 nitrogen and oxygen atoms in total. The van der Waals surface area contributed by atoms with Gasteiger partial charge in [0.15, 0.2) is 0 Å². The Balaban J connectivity index is 0.000000141. The molecule has 0 aliphatic heterocycles. The molecule has 98 valence electrons. The molecule has 0 saturated heterocycles. The average molecular weight is 265 g/mol. The van der Waals surface area contributed by atoms with Gasteiger partial charge >= 0.3 is 6.18 Å². The Morgan fingerprint density at radius 1 is 0.895 bits per heavy atom. The first-order chi connectivity index (χ1) is 9.07. The van der Waals surface area contributed by atoms with Crippen molar-refractivity contribution in [3.63, 3.8) is 0 Å². The number of nitrogens with one attached hydrogen (secondary N) is 1. The lowest BCUT2D eigenvalue weighted by atomic mass is 10.2. The molecule has 1 aromatic carbocycles. The number of pyridine rings is 1. The molecule has 2 heterocycles. The summed E-state index contributed by atoms with van der Waals surface area (Å²) >= 11 is 0. The van der Waals surface area contributed by atoms with Crippen molar-refractivity contribution in [3.8, 4) is 0 Å². The number of hydrogen-bond acceptors (Lipinski definition) is 2. The topological polar surface area (TPSA) is 41.6 Å². The summed E-state index contributed by atoms with van der Waals surface area (Å²) in [6, 6.07) is 12.1. The van der Waals surface area contributed by atoms with Crippen LogP contribution in [-0.4, -0.2) is 15.0 Å². The van der Waals surface area contributed by atoms with Crippen LogP contribution < -0.4 is 0 Å². The Morgan fingerprint density at radius 3 is 2.21 bits per heavy atom. The van der Waals surface area contributed by atoms with Gasteiger partial charge in [-0.2, -0.15) is 13.2 Å². The van der Waals surface area contributed by atoms with Crippen LogP contribution in [0.15, 0.2) is 55.0 Å². The molecule has 0 spiro atoms. The Kier molecular flexibility index (Phi) is 3.79. The fourth-order valence-corrected chi connectivity index (χ4v) is 1.44. The molecule has 3 rings (SSSR count). The van der Waals surface area contributed by atoms with Crippen LogP contribution in [0.25, 0.3) is 10.9 Å². The molecule has 0 radical (unpaired) electrons. The number of para-hydroxylation sites is 1. The minimum atomic E-state index is -4.34. The van der Waals surface area contributed by atoms with Crippen LogP contribution in [0.2, 0.25) is 0 Å². The summed E-state index contributed by atoms with van der Waals surface area (Å²) in [5, 5.41) is 1.20. The van der Waals surface area contributed by atoms with Crippen molar-refractivity contribution >= 4 is 10.9 Å². The maximum Gasteiger partial charge on any atom is 0.449 e. The molecule has 0 bridgehead atoms. The Hall–Kier alpha value is -2.37. The van der Waals surface area contributed by atoms with Crippen LogP contribution in [0.4, 0.5) is 13.2 Å². The zero-order chi connectivity index (χ0) is 13.7. The number of alkyl halides is 3. The van der Waals surface area contributed by atoms with Crippen molar-refractivity contribution in [1.82, 2.24) is 15.0 Å². The number of rotatable bonds is 0. The Bertz CT molecular complexity index is 567. The largest absolute Gasteiger partial charge is 0.449 e. The number of aromatic nitrogens is 3. The van der Waals surface area contributed by atoms with Crippen LogP contribution >= 0.6 is 0 Å². The molecule has 0 atom stereocenters. The molecule has 0 saturated carbocycles. The standard InChI is InChI=1S/C9H7N.C4H3F3N2/c1-2-6-9-8(4-1)5-3-7-10-9;5-4(6,7)3-8-1-2-9-3/h1-7H;1-2H,(H,8,9). The van der Waals surface area contributed by atoms with Crippen molar-refractivity contribution in [3.05, 3.63) is 60.8 Å². The van der Waals surface area contributed by atoms with Crippen molar-refractivity contribution in [2.45, 2.75) is 6.18 Å². The van der Waals surface area contributed by atoms with E-state index < -0.39 is 12.0 Å². The number of halogens is 3. The molecular weight excluding hydrogens is 255 g/mol. The van der Waals surface area contributed by atoms with Gasteiger partial charge < -0.3 is 4.98 Å². The van der Waals surface area contributed by atoms with E-state index in [9.17, 15) is 13.2 Å². The molecule has 2 aromatic heterocycles. The number of imidazole rings is 1. The SMILES string of the molecule is FC(F)(F)c1ncc[nH]1.c1ccc2ncccc2c1. The third-order valence-electron chi connectivity index (χ3n) is 2.28. The lowest BCUT2D eigenvalue weighted by molar-refractivity contribution is -0.144. The summed E-state index contributed by atoms with van der Waals surface area (Å²) < 4.78 is 34.6. The zero-order valence-corrected chi connectivity index (χ0v) is 9.72. The van der Waals surface area contributed by atoms with Gasteiger partial charge in [-0.25, -0.2) is 4.98 Å². The molecule has 3 aromatic rings. The van der Waals surface area contributed by atoms with Crippen molar-refractivity contribution < 1.29 is 13.2 Å². The van der Waals surface area contributed by atoms with E-state index in [-0.39, 0.29) is 0 Å². The third kappa shape index (κ3) is 3.54. The van der Waals surface area contributed by atoms with Crippen molar-refractivity contribution in [2.75, 3.05) is 0 Å². The van der Waals surface area contributed by atoms with E-state index in [1.165, 1.54) is 5.39 Å². The second kappa shape index (κ2) is 5.51. The number of hydrogen-bond donors (Lipinski definition) is 1. The van der Waals surface area contributed by atoms with E-state index in [0.717, 1.165) is 17.9 Å². The highest BCUT2D eigenvalue weighted by Crippen LogP contribution is 2.24. The highest BCUT2D eigenvalue weighted by Gasteiger charge is 2.33. The van der Waals surface area contributed by atoms with Gasteiger partial charge in [-0.3, -0.25) is 4.98 Å². The van der Waals surface area contributed by atoms with Gasteiger partial charge in [0.05, 0.1) is 5.52 Å². The molecule has 6 heteroatoms. The number of nitrogens with zero attached hydrogens (tertiary/aromatic N) is 2. The van der Waals surface area contributed by atoms with Crippen LogP contribution in [0, 0.1) is 0 Å². The Labute approximate surface area is 107 Å². The second-order valence-corrected chi connectivity index (χ2v) is 3.63. The number of aromatic amines is 1. The van der Waals surface area contributed by atoms with Crippen LogP contribution in [0.3, 0.4) is 0 Å². The van der Waals surface area contributed by atoms with Gasteiger partial charge in [-0.05, 0) is 12.1 Å². The minimum Gasteiger partial charge on any atom is -0.341 e. The van der Waals surface area contributed by atoms with Crippen molar-refractivity contribution in [1.29, 1.82) is 0 Å². The molecule has 1 N–H and O–H groups in total. The van der Waals surface area contributed by atoms with E-state index in [0.29, 0.717) is 0 Å². The zero-order valence-electron chi connectivity index (χ0n) is 9.72. The fraction of sp³-hybridized carbons (Fsp3) is 0.0769. The van der Waals surface area contributed by atoms with Crippen molar-refractivity contribution in [2.24, 2.45) is 0 Å². The molecule has 0 amide bonds. The number of benzene rings is 1. The predicted molar refractivity (Wildman–Crippen MR) is 65.3 cm³/mol. The lowest BCUT2D eigenvalue weighted by Gasteiger charge is -1.98. The van der Waals surface area contributed by atoms with Gasteiger partial charge in [-0.15, -0.1) is 0 Å². The summed E-state index contributed by atoms with van der Waals surface area (Å²) in [6.07, 6.45) is -0.350. The van der Waals surface area contributed by atoms with Gasteiger partial charge in [0, 0.05) is 24.0 Å². The van der Waals surface area contributed by atoms with E-state index in [4.69, 9.17) is 0 Å². The van der Waals surface area contributed by atoms with Gasteiger partial charge in [-0.1, -0.05) is 24.3 Å². The summed E-state index contributed by atoms with van der Waals surface area (Å²) in [5.41, 5.74) is 1.06. The van der Waals surface area contributed by atoms with Gasteiger partial charge in [0.25, 0.3) is 0 Å². The fourth-order valence-electron chi connectivity index (χ4n) is 1.44.